The molecule has 0 fully saturated rings. The molecule has 0 spiro atoms. The molecule has 0 saturated heterocycles. The lowest BCUT2D eigenvalue weighted by atomic mass is 10.2. The van der Waals surface area contributed by atoms with Gasteiger partial charge in [-0.3, -0.25) is 9.79 Å². The van der Waals surface area contributed by atoms with Crippen LogP contribution in [0.2, 0.25) is 0 Å². The van der Waals surface area contributed by atoms with Gasteiger partial charge in [0, 0.05) is 18.2 Å². The van der Waals surface area contributed by atoms with E-state index >= 15 is 0 Å². The summed E-state index contributed by atoms with van der Waals surface area (Å²) in [5.41, 5.74) is 0.776. The minimum Gasteiger partial charge on any atom is -0.504 e. The van der Waals surface area contributed by atoms with Crippen LogP contribution in [0.25, 0.3) is 5.70 Å². The summed E-state index contributed by atoms with van der Waals surface area (Å²) in [4.78, 5) is 15.3. The molecular formula is C11H9NO2. The number of hydrogen-bond donors (Lipinski definition) is 1. The Kier molecular flexibility index (Phi) is 2.14. The molecule has 1 aliphatic heterocycles. The molecule has 0 radical (unpaired) electrons. The minimum absolute atomic E-state index is 0.236. The van der Waals surface area contributed by atoms with Crippen molar-refractivity contribution in [2.75, 3.05) is 0 Å². The highest BCUT2D eigenvalue weighted by atomic mass is 16.3. The first kappa shape index (κ1) is 8.69. The largest absolute Gasteiger partial charge is 0.504 e. The zero-order chi connectivity index (χ0) is 9.97. The fourth-order valence-electron chi connectivity index (χ4n) is 1.34. The molecule has 1 aromatic carbocycles. The number of allylic oxidation sites excluding steroid dienone is 1. The molecule has 0 atom stereocenters. The third-order valence-electron chi connectivity index (χ3n) is 2.03. The molecule has 0 saturated carbocycles. The maximum Gasteiger partial charge on any atom is 0.220 e. The van der Waals surface area contributed by atoms with E-state index in [9.17, 15) is 9.90 Å². The van der Waals surface area contributed by atoms with Crippen LogP contribution >= 0.6 is 0 Å². The van der Waals surface area contributed by atoms with Gasteiger partial charge in [-0.25, -0.2) is 0 Å². The lowest BCUT2D eigenvalue weighted by Gasteiger charge is -1.97. The molecule has 0 aromatic heterocycles. The summed E-state index contributed by atoms with van der Waals surface area (Å²) in [5, 5.41) is 9.59. The molecule has 1 N–H and O–H groups in total. The Bertz CT molecular complexity index is 475. The van der Waals surface area contributed by atoms with Crippen molar-refractivity contribution < 1.29 is 5.11 Å². The zero-order valence-electron chi connectivity index (χ0n) is 7.47. The molecule has 1 heterocycles. The van der Waals surface area contributed by atoms with Gasteiger partial charge in [0.1, 0.15) is 0 Å². The van der Waals surface area contributed by atoms with Gasteiger partial charge in [-0.1, -0.05) is 18.2 Å². The van der Waals surface area contributed by atoms with Crippen molar-refractivity contribution in [1.82, 2.24) is 0 Å². The van der Waals surface area contributed by atoms with E-state index in [1.165, 1.54) is 6.07 Å². The van der Waals surface area contributed by atoms with Crippen molar-refractivity contribution in [2.45, 2.75) is 6.42 Å². The first-order chi connectivity index (χ1) is 6.79. The van der Waals surface area contributed by atoms with Crippen LogP contribution in [0.3, 0.4) is 0 Å². The van der Waals surface area contributed by atoms with Crippen molar-refractivity contribution in [3.05, 3.63) is 46.1 Å². The van der Waals surface area contributed by atoms with Crippen LogP contribution in [0.1, 0.15) is 12.0 Å². The van der Waals surface area contributed by atoms with Crippen molar-refractivity contribution in [3.8, 4) is 5.75 Å². The van der Waals surface area contributed by atoms with E-state index in [1.807, 2.05) is 6.08 Å². The first-order valence-electron chi connectivity index (χ1n) is 4.34. The van der Waals surface area contributed by atoms with Crippen LogP contribution < -0.4 is 5.43 Å². The van der Waals surface area contributed by atoms with E-state index in [2.05, 4.69) is 4.99 Å². The smallest absolute Gasteiger partial charge is 0.220 e. The van der Waals surface area contributed by atoms with Gasteiger partial charge in [-0.15, -0.1) is 0 Å². The van der Waals surface area contributed by atoms with Crippen molar-refractivity contribution >= 4 is 11.9 Å². The Morgan fingerprint density at radius 3 is 2.79 bits per heavy atom. The van der Waals surface area contributed by atoms with Gasteiger partial charge >= 0.3 is 0 Å². The molecule has 70 valence electrons. The van der Waals surface area contributed by atoms with Gasteiger partial charge in [0.2, 0.25) is 5.43 Å². The molecular weight excluding hydrogens is 178 g/mol. The van der Waals surface area contributed by atoms with E-state index in [4.69, 9.17) is 0 Å². The second-order valence-electron chi connectivity index (χ2n) is 2.98. The Hall–Kier alpha value is -1.90. The van der Waals surface area contributed by atoms with E-state index in [-0.39, 0.29) is 11.2 Å². The topological polar surface area (TPSA) is 49.7 Å². The number of aliphatic imine (C=N–C) groups is 1. The average Bonchev–Trinajstić information content (AvgIpc) is 2.64. The third-order valence-corrected chi connectivity index (χ3v) is 2.03. The Morgan fingerprint density at radius 2 is 2.07 bits per heavy atom. The predicted molar refractivity (Wildman–Crippen MR) is 55.5 cm³/mol. The molecule has 0 bridgehead atoms. The van der Waals surface area contributed by atoms with Crippen molar-refractivity contribution in [3.63, 3.8) is 0 Å². The van der Waals surface area contributed by atoms with Crippen LogP contribution in [-0.2, 0) is 0 Å². The minimum atomic E-state index is -0.381. The van der Waals surface area contributed by atoms with Gasteiger partial charge in [-0.05, 0) is 12.1 Å². The van der Waals surface area contributed by atoms with Gasteiger partial charge in [0.25, 0.3) is 0 Å². The maximum atomic E-state index is 11.3. The summed E-state index contributed by atoms with van der Waals surface area (Å²) in [5.74, 6) is -0.236. The zero-order valence-corrected chi connectivity index (χ0v) is 7.47. The molecule has 2 rings (SSSR count). The molecule has 3 heteroatoms. The Balaban J connectivity index is 2.65. The van der Waals surface area contributed by atoms with E-state index in [0.717, 1.165) is 6.42 Å². The van der Waals surface area contributed by atoms with Crippen LogP contribution in [0, 0.1) is 0 Å². The second kappa shape index (κ2) is 3.46. The summed E-state index contributed by atoms with van der Waals surface area (Å²) < 4.78 is 0. The number of hydrogen-bond acceptors (Lipinski definition) is 3. The Morgan fingerprint density at radius 1 is 1.29 bits per heavy atom. The molecule has 0 amide bonds. The molecule has 1 aromatic rings. The fourth-order valence-corrected chi connectivity index (χ4v) is 1.34. The van der Waals surface area contributed by atoms with Crippen LogP contribution in [-0.4, -0.2) is 11.3 Å². The van der Waals surface area contributed by atoms with Crippen LogP contribution in [0.5, 0.6) is 5.75 Å². The SMILES string of the molecule is O=c1ccccc(C2=CCC=N2)c1O. The summed E-state index contributed by atoms with van der Waals surface area (Å²) in [7, 11) is 0. The maximum absolute atomic E-state index is 11.3. The number of nitrogens with zero attached hydrogens (tertiary/aromatic N) is 1. The molecule has 3 nitrogen and oxygen atoms in total. The second-order valence-corrected chi connectivity index (χ2v) is 2.98. The average molecular weight is 187 g/mol. The van der Waals surface area contributed by atoms with E-state index in [0.29, 0.717) is 11.3 Å². The van der Waals surface area contributed by atoms with Crippen molar-refractivity contribution in [1.29, 1.82) is 0 Å². The summed E-state index contributed by atoms with van der Waals surface area (Å²) >= 11 is 0. The van der Waals surface area contributed by atoms with Gasteiger partial charge < -0.3 is 5.11 Å². The summed E-state index contributed by atoms with van der Waals surface area (Å²) in [6, 6.07) is 6.33. The molecule has 0 aliphatic carbocycles. The molecule has 0 unspecified atom stereocenters. The predicted octanol–water partition coefficient (Wildman–Crippen LogP) is 1.57. The normalized spacial score (nSPS) is 14.1. The van der Waals surface area contributed by atoms with Gasteiger partial charge in [-0.2, -0.15) is 0 Å². The van der Waals surface area contributed by atoms with E-state index in [1.54, 1.807) is 24.4 Å². The molecule has 1 aliphatic rings. The summed E-state index contributed by atoms with van der Waals surface area (Å²) in [6.45, 7) is 0. The summed E-state index contributed by atoms with van der Waals surface area (Å²) in [6.07, 6.45) is 4.36. The monoisotopic (exact) mass is 187 g/mol. The van der Waals surface area contributed by atoms with Gasteiger partial charge in [0.05, 0.1) is 5.70 Å². The van der Waals surface area contributed by atoms with Crippen LogP contribution in [0.4, 0.5) is 0 Å². The lowest BCUT2D eigenvalue weighted by Crippen LogP contribution is -1.95. The highest BCUT2D eigenvalue weighted by Gasteiger charge is 2.08. The third kappa shape index (κ3) is 1.44. The molecule has 14 heavy (non-hydrogen) atoms. The number of rotatable bonds is 1. The van der Waals surface area contributed by atoms with Gasteiger partial charge in [0.15, 0.2) is 5.75 Å². The standard InChI is InChI=1S/C11H9NO2/c13-10-6-2-1-4-8(11(10)14)9-5-3-7-12-9/h1-2,4-7H,3H2,(H,13,14). The van der Waals surface area contributed by atoms with E-state index < -0.39 is 0 Å². The lowest BCUT2D eigenvalue weighted by molar-refractivity contribution is 0.469. The number of aromatic hydroxyl groups is 1. The van der Waals surface area contributed by atoms with Crippen LogP contribution in [0.15, 0.2) is 40.1 Å². The quantitative estimate of drug-likeness (QED) is 0.725. The first-order valence-corrected chi connectivity index (χ1v) is 4.34. The van der Waals surface area contributed by atoms with Crippen molar-refractivity contribution in [2.24, 2.45) is 4.99 Å². The fraction of sp³-hybridized carbons (Fsp3) is 0.0909. The Labute approximate surface area is 81.1 Å². The highest BCUT2D eigenvalue weighted by molar-refractivity contribution is 5.82. The highest BCUT2D eigenvalue weighted by Crippen LogP contribution is 2.24.